The second-order valence-electron chi connectivity index (χ2n) is 4.61. The van der Waals surface area contributed by atoms with Crippen LogP contribution in [0, 0.1) is 0 Å². The van der Waals surface area contributed by atoms with E-state index in [1.54, 1.807) is 12.1 Å². The van der Waals surface area contributed by atoms with Crippen molar-refractivity contribution in [1.82, 2.24) is 4.31 Å². The van der Waals surface area contributed by atoms with E-state index in [9.17, 15) is 4.79 Å². The molecule has 0 N–H and O–H groups in total. The zero-order valence-electron chi connectivity index (χ0n) is 13.4. The number of para-hydroxylation sites is 1. The first kappa shape index (κ1) is 18.3. The quantitative estimate of drug-likeness (QED) is 0.464. The summed E-state index contributed by atoms with van der Waals surface area (Å²) in [6, 6.07) is 19.5. The summed E-state index contributed by atoms with van der Waals surface area (Å²) in [5.74, 6) is 1.38. The fraction of sp³-hybridized carbons (Fsp3) is 0.278. The molecule has 0 bridgehead atoms. The highest BCUT2D eigenvalue weighted by Crippen LogP contribution is 2.14. The highest BCUT2D eigenvalue weighted by molar-refractivity contribution is 7.96. The molecule has 0 saturated carbocycles. The summed E-state index contributed by atoms with van der Waals surface area (Å²) in [6.45, 7) is 4.64. The molecule has 0 aliphatic carbocycles. The van der Waals surface area contributed by atoms with Crippen LogP contribution in [0.1, 0.15) is 19.4 Å². The molecule has 118 valence electrons. The van der Waals surface area contributed by atoms with Gasteiger partial charge in [0.25, 0.3) is 0 Å². The van der Waals surface area contributed by atoms with E-state index in [-0.39, 0.29) is 5.97 Å². The van der Waals surface area contributed by atoms with Crippen LogP contribution in [0.4, 0.5) is 0 Å². The topological polar surface area (TPSA) is 29.5 Å². The highest BCUT2D eigenvalue weighted by Gasteiger charge is 1.95. The van der Waals surface area contributed by atoms with Crippen LogP contribution in [0.5, 0.6) is 5.75 Å². The molecule has 0 aliphatic rings. The van der Waals surface area contributed by atoms with Gasteiger partial charge in [-0.1, -0.05) is 67.4 Å². The number of carbonyl (C=O) groups excluding carboxylic acids is 1. The first-order chi connectivity index (χ1) is 10.6. The Balaban J connectivity index is 0.000000224. The summed E-state index contributed by atoms with van der Waals surface area (Å²) in [5, 5.41) is 0. The predicted molar refractivity (Wildman–Crippen MR) is 93.8 cm³/mol. The Morgan fingerprint density at radius 2 is 1.59 bits per heavy atom. The van der Waals surface area contributed by atoms with E-state index in [2.05, 4.69) is 48.6 Å². The third kappa shape index (κ3) is 8.49. The molecule has 2 aromatic rings. The van der Waals surface area contributed by atoms with Crippen LogP contribution in [-0.4, -0.2) is 23.9 Å². The molecule has 0 spiro atoms. The van der Waals surface area contributed by atoms with Crippen molar-refractivity contribution >= 4 is 17.9 Å². The summed E-state index contributed by atoms with van der Waals surface area (Å²) in [5.41, 5.74) is 1.39. The molecule has 2 rings (SSSR count). The van der Waals surface area contributed by atoms with Crippen molar-refractivity contribution in [3.63, 3.8) is 0 Å². The van der Waals surface area contributed by atoms with Crippen molar-refractivity contribution in [3.8, 4) is 5.75 Å². The highest BCUT2D eigenvalue weighted by atomic mass is 32.2. The van der Waals surface area contributed by atoms with E-state index in [4.69, 9.17) is 4.74 Å². The molecule has 0 unspecified atom stereocenters. The van der Waals surface area contributed by atoms with Gasteiger partial charge in [-0.15, -0.1) is 0 Å². The molecule has 0 radical (unpaired) electrons. The van der Waals surface area contributed by atoms with E-state index in [0.29, 0.717) is 5.75 Å². The van der Waals surface area contributed by atoms with Crippen molar-refractivity contribution in [3.05, 3.63) is 66.2 Å². The lowest BCUT2D eigenvalue weighted by Crippen LogP contribution is -2.07. The minimum absolute atomic E-state index is 0.286. The van der Waals surface area contributed by atoms with Crippen molar-refractivity contribution in [2.45, 2.75) is 19.6 Å². The van der Waals surface area contributed by atoms with Gasteiger partial charge in [-0.05, 0) is 24.7 Å². The number of nitrogens with zero attached hydrogens (tertiary/aromatic N) is 1. The van der Waals surface area contributed by atoms with Crippen molar-refractivity contribution < 1.29 is 9.53 Å². The molecular formula is C18H23NO2S. The fourth-order valence-corrected chi connectivity index (χ4v) is 2.25. The van der Waals surface area contributed by atoms with E-state index in [0.717, 1.165) is 12.3 Å². The van der Waals surface area contributed by atoms with Crippen LogP contribution in [0.15, 0.2) is 60.7 Å². The van der Waals surface area contributed by atoms with Gasteiger partial charge in [-0.3, -0.25) is 9.10 Å². The van der Waals surface area contributed by atoms with Crippen LogP contribution in [0.25, 0.3) is 0 Å². The van der Waals surface area contributed by atoms with Crippen molar-refractivity contribution in [1.29, 1.82) is 0 Å². The Bertz CT molecular complexity index is 531. The Hall–Kier alpha value is -1.78. The summed E-state index contributed by atoms with van der Waals surface area (Å²) in [7, 11) is 2.12. The van der Waals surface area contributed by atoms with Gasteiger partial charge >= 0.3 is 5.97 Å². The predicted octanol–water partition coefficient (Wildman–Crippen LogP) is 4.40. The van der Waals surface area contributed by atoms with Crippen LogP contribution in [0.3, 0.4) is 0 Å². The summed E-state index contributed by atoms with van der Waals surface area (Å²) in [6.07, 6.45) is 0. The lowest BCUT2D eigenvalue weighted by Gasteiger charge is -2.11. The Morgan fingerprint density at radius 3 is 2.09 bits per heavy atom. The summed E-state index contributed by atoms with van der Waals surface area (Å²) >= 11 is 1.86. The van der Waals surface area contributed by atoms with Gasteiger partial charge in [0, 0.05) is 19.2 Å². The average molecular weight is 317 g/mol. The first-order valence-corrected chi connectivity index (χ1v) is 8.17. The summed E-state index contributed by atoms with van der Waals surface area (Å²) in [4.78, 5) is 10.4. The molecule has 0 aromatic heterocycles. The molecule has 0 atom stereocenters. The second kappa shape index (κ2) is 10.9. The third-order valence-electron chi connectivity index (χ3n) is 2.74. The number of esters is 1. The second-order valence-corrected chi connectivity index (χ2v) is 5.78. The largest absolute Gasteiger partial charge is 0.427 e. The maximum absolute atomic E-state index is 10.4. The average Bonchev–Trinajstić information content (AvgIpc) is 2.54. The van der Waals surface area contributed by atoms with Gasteiger partial charge in [0.05, 0.1) is 0 Å². The lowest BCUT2D eigenvalue weighted by atomic mass is 10.2. The smallest absolute Gasteiger partial charge is 0.308 e. The van der Waals surface area contributed by atoms with Crippen LogP contribution in [-0.2, 0) is 10.5 Å². The molecule has 0 aliphatic heterocycles. The number of rotatable bonds is 5. The molecule has 22 heavy (non-hydrogen) atoms. The molecule has 0 amide bonds. The molecular weight excluding hydrogens is 294 g/mol. The number of ether oxygens (including phenoxy) is 1. The maximum atomic E-state index is 10.4. The van der Waals surface area contributed by atoms with Gasteiger partial charge in [-0.25, -0.2) is 0 Å². The van der Waals surface area contributed by atoms with E-state index in [1.807, 2.05) is 30.1 Å². The first-order valence-electron chi connectivity index (χ1n) is 7.23. The zero-order valence-corrected chi connectivity index (χ0v) is 14.2. The normalized spacial score (nSPS) is 9.82. The third-order valence-corrected chi connectivity index (χ3v) is 3.91. The SMILES string of the molecule is CC(=O)Oc1ccccc1.CCN(C)SCc1ccccc1. The molecule has 3 nitrogen and oxygen atoms in total. The lowest BCUT2D eigenvalue weighted by molar-refractivity contribution is -0.131. The van der Waals surface area contributed by atoms with Gasteiger partial charge in [0.2, 0.25) is 0 Å². The number of hydrogen-bond acceptors (Lipinski definition) is 4. The number of benzene rings is 2. The van der Waals surface area contributed by atoms with Crippen LogP contribution >= 0.6 is 11.9 Å². The van der Waals surface area contributed by atoms with Crippen molar-refractivity contribution in [2.75, 3.05) is 13.6 Å². The number of carbonyl (C=O) groups is 1. The maximum Gasteiger partial charge on any atom is 0.308 e. The van der Waals surface area contributed by atoms with Crippen LogP contribution < -0.4 is 4.74 Å². The van der Waals surface area contributed by atoms with Gasteiger partial charge in [0.15, 0.2) is 0 Å². The van der Waals surface area contributed by atoms with E-state index >= 15 is 0 Å². The molecule has 2 aromatic carbocycles. The van der Waals surface area contributed by atoms with Gasteiger partial charge in [0.1, 0.15) is 5.75 Å². The van der Waals surface area contributed by atoms with E-state index < -0.39 is 0 Å². The van der Waals surface area contributed by atoms with Crippen molar-refractivity contribution in [2.24, 2.45) is 0 Å². The molecule has 0 fully saturated rings. The van der Waals surface area contributed by atoms with Gasteiger partial charge in [-0.2, -0.15) is 0 Å². The minimum atomic E-state index is -0.286. The van der Waals surface area contributed by atoms with E-state index in [1.165, 1.54) is 12.5 Å². The fourth-order valence-electron chi connectivity index (χ4n) is 1.50. The Morgan fingerprint density at radius 1 is 1.05 bits per heavy atom. The molecule has 4 heteroatoms. The Kier molecular flexibility index (Phi) is 9.03. The Labute approximate surface area is 137 Å². The minimum Gasteiger partial charge on any atom is -0.427 e. The monoisotopic (exact) mass is 317 g/mol. The molecule has 0 heterocycles. The molecule has 0 saturated heterocycles. The zero-order chi connectivity index (χ0) is 16.2. The standard InChI is InChI=1S/C10H15NS.C8H8O2/c1-3-11(2)12-9-10-7-5-4-6-8-10;1-7(9)10-8-5-3-2-4-6-8/h4-8H,3,9H2,1-2H3;2-6H,1H3. The van der Waals surface area contributed by atoms with Gasteiger partial charge < -0.3 is 4.74 Å². The summed E-state index contributed by atoms with van der Waals surface area (Å²) < 4.78 is 7.02. The number of hydrogen-bond donors (Lipinski definition) is 0. The van der Waals surface area contributed by atoms with Crippen LogP contribution in [0.2, 0.25) is 0 Å².